The van der Waals surface area contributed by atoms with Crippen LogP contribution in [0.3, 0.4) is 0 Å². The Morgan fingerprint density at radius 2 is 1.76 bits per heavy atom. The molecule has 2 aromatic rings. The molecule has 5 nitrogen and oxygen atoms in total. The van der Waals surface area contributed by atoms with Gasteiger partial charge in [-0.25, -0.2) is 13.1 Å². The van der Waals surface area contributed by atoms with Crippen molar-refractivity contribution in [2.75, 3.05) is 5.73 Å². The van der Waals surface area contributed by atoms with Gasteiger partial charge in [0.1, 0.15) is 4.90 Å². The van der Waals surface area contributed by atoms with Crippen molar-refractivity contribution in [2.24, 2.45) is 0 Å². The largest absolute Gasteiger partial charge is 0.398 e. The number of hydrogen-bond donors (Lipinski definition) is 2. The van der Waals surface area contributed by atoms with Gasteiger partial charge in [-0.1, -0.05) is 24.3 Å². The first-order valence-electron chi connectivity index (χ1n) is 6.31. The van der Waals surface area contributed by atoms with Crippen molar-refractivity contribution in [3.05, 3.63) is 59.7 Å². The van der Waals surface area contributed by atoms with Crippen LogP contribution in [0.25, 0.3) is 0 Å². The molecule has 0 bridgehead atoms. The summed E-state index contributed by atoms with van der Waals surface area (Å²) in [5, 5.41) is 8.76. The van der Waals surface area contributed by atoms with E-state index in [1.165, 1.54) is 6.07 Å². The first-order chi connectivity index (χ1) is 9.94. The Labute approximate surface area is 124 Å². The highest BCUT2D eigenvalue weighted by Gasteiger charge is 2.20. The monoisotopic (exact) mass is 301 g/mol. The van der Waals surface area contributed by atoms with Crippen LogP contribution in [0.1, 0.15) is 24.1 Å². The van der Waals surface area contributed by atoms with Crippen LogP contribution >= 0.6 is 0 Å². The van der Waals surface area contributed by atoms with E-state index in [9.17, 15) is 8.42 Å². The number of nitriles is 1. The summed E-state index contributed by atoms with van der Waals surface area (Å²) in [5.74, 6) is 0. The van der Waals surface area contributed by atoms with Gasteiger partial charge < -0.3 is 5.73 Å². The zero-order chi connectivity index (χ0) is 15.5. The molecule has 0 aliphatic carbocycles. The van der Waals surface area contributed by atoms with E-state index in [0.717, 1.165) is 5.56 Å². The predicted octanol–water partition coefficient (Wildman–Crippen LogP) is 2.18. The topological polar surface area (TPSA) is 96.0 Å². The highest BCUT2D eigenvalue weighted by atomic mass is 32.2. The molecule has 6 heteroatoms. The molecule has 1 atom stereocenters. The molecule has 108 valence electrons. The number of nitrogens with one attached hydrogen (secondary N) is 1. The van der Waals surface area contributed by atoms with Gasteiger partial charge in [-0.2, -0.15) is 5.26 Å². The molecule has 0 aromatic heterocycles. The van der Waals surface area contributed by atoms with Crippen LogP contribution in [0.2, 0.25) is 0 Å². The number of benzene rings is 2. The van der Waals surface area contributed by atoms with Crippen molar-refractivity contribution in [3.8, 4) is 6.07 Å². The van der Waals surface area contributed by atoms with E-state index in [1.54, 1.807) is 49.4 Å². The predicted molar refractivity (Wildman–Crippen MR) is 80.7 cm³/mol. The third-order valence-corrected chi connectivity index (χ3v) is 4.69. The van der Waals surface area contributed by atoms with E-state index in [1.807, 2.05) is 6.07 Å². The Morgan fingerprint density at radius 1 is 1.14 bits per heavy atom. The Morgan fingerprint density at radius 3 is 2.33 bits per heavy atom. The maximum Gasteiger partial charge on any atom is 0.243 e. The number of nitrogens with zero attached hydrogens (tertiary/aromatic N) is 1. The molecule has 0 amide bonds. The van der Waals surface area contributed by atoms with E-state index < -0.39 is 16.1 Å². The second-order valence-corrected chi connectivity index (χ2v) is 6.30. The third-order valence-electron chi connectivity index (χ3n) is 3.08. The zero-order valence-electron chi connectivity index (χ0n) is 11.4. The summed E-state index contributed by atoms with van der Waals surface area (Å²) in [6, 6.07) is 14.6. The van der Waals surface area contributed by atoms with Crippen LogP contribution in [-0.4, -0.2) is 8.42 Å². The maximum atomic E-state index is 12.3. The minimum Gasteiger partial charge on any atom is -0.398 e. The fourth-order valence-corrected chi connectivity index (χ4v) is 3.30. The molecule has 2 rings (SSSR count). The summed E-state index contributed by atoms with van der Waals surface area (Å²) in [6.45, 7) is 1.73. The molecule has 0 saturated carbocycles. The van der Waals surface area contributed by atoms with Gasteiger partial charge in [-0.05, 0) is 36.8 Å². The molecule has 0 heterocycles. The van der Waals surface area contributed by atoms with E-state index >= 15 is 0 Å². The van der Waals surface area contributed by atoms with Crippen molar-refractivity contribution in [3.63, 3.8) is 0 Å². The van der Waals surface area contributed by atoms with Gasteiger partial charge in [-0.15, -0.1) is 0 Å². The van der Waals surface area contributed by atoms with Gasteiger partial charge in [0, 0.05) is 6.04 Å². The number of sulfonamides is 1. The van der Waals surface area contributed by atoms with Gasteiger partial charge >= 0.3 is 0 Å². The van der Waals surface area contributed by atoms with Crippen LogP contribution in [0.4, 0.5) is 5.69 Å². The Balaban J connectivity index is 2.24. The lowest BCUT2D eigenvalue weighted by atomic mass is 10.1. The normalized spacial score (nSPS) is 12.6. The van der Waals surface area contributed by atoms with E-state index in [4.69, 9.17) is 11.0 Å². The highest BCUT2D eigenvalue weighted by Crippen LogP contribution is 2.21. The Kier molecular flexibility index (Phi) is 4.26. The van der Waals surface area contributed by atoms with Crippen LogP contribution in [-0.2, 0) is 10.0 Å². The molecule has 0 radical (unpaired) electrons. The summed E-state index contributed by atoms with van der Waals surface area (Å²) in [7, 11) is -3.69. The minimum absolute atomic E-state index is 0.0606. The summed E-state index contributed by atoms with van der Waals surface area (Å²) in [4.78, 5) is 0.0606. The summed E-state index contributed by atoms with van der Waals surface area (Å²) < 4.78 is 27.2. The number of nitrogens with two attached hydrogens (primary N) is 1. The Hall–Kier alpha value is -2.36. The van der Waals surface area contributed by atoms with E-state index in [2.05, 4.69) is 4.72 Å². The van der Waals surface area contributed by atoms with Crippen molar-refractivity contribution < 1.29 is 8.42 Å². The fraction of sp³-hybridized carbons (Fsp3) is 0.133. The molecule has 2 aromatic carbocycles. The first kappa shape index (κ1) is 15.0. The number of nitrogen functional groups attached to an aromatic ring is 1. The lowest BCUT2D eigenvalue weighted by Crippen LogP contribution is -2.27. The van der Waals surface area contributed by atoms with Gasteiger partial charge in [0.25, 0.3) is 0 Å². The van der Waals surface area contributed by atoms with Crippen molar-refractivity contribution in [2.45, 2.75) is 17.9 Å². The zero-order valence-corrected chi connectivity index (χ0v) is 12.3. The molecule has 0 aliphatic rings. The second kappa shape index (κ2) is 5.95. The molecule has 0 fully saturated rings. The number of anilines is 1. The molecular weight excluding hydrogens is 286 g/mol. The van der Waals surface area contributed by atoms with Gasteiger partial charge in [0.2, 0.25) is 10.0 Å². The van der Waals surface area contributed by atoms with Crippen LogP contribution in [0.5, 0.6) is 0 Å². The average molecular weight is 301 g/mol. The molecule has 0 aliphatic heterocycles. The first-order valence-corrected chi connectivity index (χ1v) is 7.79. The van der Waals surface area contributed by atoms with Crippen molar-refractivity contribution in [1.29, 1.82) is 5.26 Å². The van der Waals surface area contributed by atoms with Gasteiger partial charge in [0.15, 0.2) is 0 Å². The van der Waals surface area contributed by atoms with Gasteiger partial charge in [0.05, 0.1) is 17.3 Å². The third kappa shape index (κ3) is 3.40. The smallest absolute Gasteiger partial charge is 0.243 e. The lowest BCUT2D eigenvalue weighted by molar-refractivity contribution is 0.567. The van der Waals surface area contributed by atoms with Gasteiger partial charge in [-0.3, -0.25) is 0 Å². The van der Waals surface area contributed by atoms with Crippen LogP contribution < -0.4 is 10.5 Å². The summed E-state index contributed by atoms with van der Waals surface area (Å²) >= 11 is 0. The summed E-state index contributed by atoms with van der Waals surface area (Å²) in [5.41, 5.74) is 7.21. The highest BCUT2D eigenvalue weighted by molar-refractivity contribution is 7.89. The van der Waals surface area contributed by atoms with Crippen molar-refractivity contribution in [1.82, 2.24) is 4.72 Å². The molecule has 21 heavy (non-hydrogen) atoms. The fourth-order valence-electron chi connectivity index (χ4n) is 1.94. The molecular formula is C15H15N3O2S. The minimum atomic E-state index is -3.69. The SMILES string of the molecule is CC(NS(=O)(=O)c1ccccc1N)c1ccc(C#N)cc1. The number of para-hydroxylation sites is 1. The molecule has 0 saturated heterocycles. The second-order valence-electron chi connectivity index (χ2n) is 4.61. The van der Waals surface area contributed by atoms with Crippen LogP contribution in [0, 0.1) is 11.3 Å². The average Bonchev–Trinajstić information content (AvgIpc) is 2.47. The van der Waals surface area contributed by atoms with Crippen molar-refractivity contribution >= 4 is 15.7 Å². The maximum absolute atomic E-state index is 12.3. The lowest BCUT2D eigenvalue weighted by Gasteiger charge is -2.15. The van der Waals surface area contributed by atoms with E-state index in [0.29, 0.717) is 5.56 Å². The quantitative estimate of drug-likeness (QED) is 0.846. The van der Waals surface area contributed by atoms with Crippen LogP contribution in [0.15, 0.2) is 53.4 Å². The Bertz CT molecular complexity index is 777. The molecule has 1 unspecified atom stereocenters. The summed E-state index contributed by atoms with van der Waals surface area (Å²) in [6.07, 6.45) is 0. The number of hydrogen-bond acceptors (Lipinski definition) is 4. The number of rotatable bonds is 4. The molecule has 0 spiro atoms. The van der Waals surface area contributed by atoms with E-state index in [-0.39, 0.29) is 10.6 Å². The molecule has 3 N–H and O–H groups in total. The standard InChI is InChI=1S/C15H15N3O2S/c1-11(13-8-6-12(10-16)7-9-13)18-21(19,20)15-5-3-2-4-14(15)17/h2-9,11,18H,17H2,1H3.